The molecule has 4 aliphatic rings. The minimum absolute atomic E-state index is 0.311. The fraction of sp³-hybridized carbons (Fsp3) is 0.562. The highest BCUT2D eigenvalue weighted by Gasteiger charge is 2.25. The molecule has 0 radical (unpaired) electrons. The molecule has 4 saturated carbocycles. The summed E-state index contributed by atoms with van der Waals surface area (Å²) in [6.07, 6.45) is 20.5. The summed E-state index contributed by atoms with van der Waals surface area (Å²) in [6.45, 7) is 7.00. The van der Waals surface area contributed by atoms with Gasteiger partial charge in [0.15, 0.2) is 10.8 Å². The number of hydrogen-bond donors (Lipinski definition) is 5. The average molecular weight is 647 g/mol. The van der Waals surface area contributed by atoms with Crippen molar-refractivity contribution in [1.82, 2.24) is 29.2 Å². The maximum atomic E-state index is 11.6. The minimum atomic E-state index is -0.516. The largest absolute Gasteiger partial charge is 0.379 e. The highest BCUT2D eigenvalue weighted by atomic mass is 35.5. The van der Waals surface area contributed by atoms with E-state index in [1.54, 1.807) is 10.6 Å². The van der Waals surface area contributed by atoms with Gasteiger partial charge in [-0.3, -0.25) is 4.79 Å². The van der Waals surface area contributed by atoms with Crippen molar-refractivity contribution in [1.29, 1.82) is 0 Å². The van der Waals surface area contributed by atoms with Crippen LogP contribution in [0.4, 0.5) is 23.0 Å². The van der Waals surface area contributed by atoms with Crippen LogP contribution in [0.5, 0.6) is 0 Å². The van der Waals surface area contributed by atoms with Crippen LogP contribution in [0.2, 0.25) is 5.15 Å². The van der Waals surface area contributed by atoms with Gasteiger partial charge in [0.05, 0.1) is 18.1 Å². The van der Waals surface area contributed by atoms with Crippen molar-refractivity contribution in [3.63, 3.8) is 0 Å². The lowest BCUT2D eigenvalue weighted by Gasteiger charge is -2.23. The number of carbonyl (C=O) groups is 1. The maximum absolute atomic E-state index is 11.6. The molecule has 0 aliphatic heterocycles. The molecule has 13 nitrogen and oxygen atoms in total. The number of rotatable bonds is 7. The normalized spacial score (nSPS) is 18.5. The Hall–Kier alpha value is -4.15. The lowest BCUT2D eigenvalue weighted by Crippen LogP contribution is -2.24. The molecule has 0 atom stereocenters. The number of aromatic nitrogens is 6. The SMILES string of the molecule is NC(=O)c1cnc2c(NC3CC3)cc(NC3CCCCC3)nn12.NC1CCCCC1.[C-]#[N+]c1cnc2c(NC3CC3)cc(Cl)nn12. The summed E-state index contributed by atoms with van der Waals surface area (Å²) >= 11 is 5.91. The first-order chi connectivity index (χ1) is 22.4. The number of primary amides is 1. The van der Waals surface area contributed by atoms with E-state index in [2.05, 4.69) is 41.0 Å². The number of nitrogens with one attached hydrogen (secondary N) is 3. The van der Waals surface area contributed by atoms with Crippen molar-refractivity contribution in [3.05, 3.63) is 46.8 Å². The van der Waals surface area contributed by atoms with Gasteiger partial charge in [-0.05, 0) is 51.4 Å². The fourth-order valence-corrected chi connectivity index (χ4v) is 6.09. The number of hydrogen-bond acceptors (Lipinski definition) is 9. The van der Waals surface area contributed by atoms with Gasteiger partial charge >= 0.3 is 0 Å². The molecule has 4 heterocycles. The molecule has 1 amide bonds. The Kier molecular flexibility index (Phi) is 10.0. The molecule has 46 heavy (non-hydrogen) atoms. The molecule has 8 rings (SSSR count). The predicted octanol–water partition coefficient (Wildman–Crippen LogP) is 5.93. The molecule has 0 bridgehead atoms. The number of carbonyl (C=O) groups excluding carboxylic acids is 1. The second kappa shape index (κ2) is 14.5. The number of amides is 1. The number of halogens is 1. The maximum Gasteiger partial charge on any atom is 0.275 e. The first-order valence-corrected chi connectivity index (χ1v) is 16.9. The van der Waals surface area contributed by atoms with Crippen LogP contribution in [-0.4, -0.2) is 59.3 Å². The summed E-state index contributed by atoms with van der Waals surface area (Å²) in [6, 6.07) is 5.74. The molecule has 4 aromatic heterocycles. The molecule has 0 aromatic carbocycles. The van der Waals surface area contributed by atoms with E-state index in [1.807, 2.05) is 6.07 Å². The first-order valence-electron chi connectivity index (χ1n) is 16.5. The zero-order chi connectivity index (χ0) is 32.0. The van der Waals surface area contributed by atoms with Crippen molar-refractivity contribution in [2.45, 2.75) is 114 Å². The molecule has 4 fully saturated rings. The van der Waals surface area contributed by atoms with E-state index >= 15 is 0 Å². The van der Waals surface area contributed by atoms with Crippen molar-refractivity contribution in [2.75, 3.05) is 16.0 Å². The van der Waals surface area contributed by atoms with Crippen LogP contribution in [0.3, 0.4) is 0 Å². The molecule has 4 aliphatic carbocycles. The van der Waals surface area contributed by atoms with Gasteiger partial charge in [-0.25, -0.2) is 14.5 Å². The Morgan fingerprint density at radius 2 is 1.35 bits per heavy atom. The molecule has 0 saturated heterocycles. The van der Waals surface area contributed by atoms with Crippen molar-refractivity contribution in [3.8, 4) is 0 Å². The number of fused-ring (bicyclic) bond motifs is 2. The molecule has 244 valence electrons. The summed E-state index contributed by atoms with van der Waals surface area (Å²) < 4.78 is 3.03. The van der Waals surface area contributed by atoms with Gasteiger partial charge in [0.1, 0.15) is 17.2 Å². The number of imidazole rings is 2. The van der Waals surface area contributed by atoms with Gasteiger partial charge in [0.2, 0.25) is 0 Å². The highest BCUT2D eigenvalue weighted by Crippen LogP contribution is 2.31. The van der Waals surface area contributed by atoms with Gasteiger partial charge < -0.3 is 32.3 Å². The van der Waals surface area contributed by atoms with Crippen LogP contribution in [0.1, 0.15) is 100 Å². The van der Waals surface area contributed by atoms with E-state index in [-0.39, 0.29) is 0 Å². The second-order valence-corrected chi connectivity index (χ2v) is 13.1. The van der Waals surface area contributed by atoms with Gasteiger partial charge in [-0.1, -0.05) is 61.8 Å². The molecule has 0 unspecified atom stereocenters. The van der Waals surface area contributed by atoms with Crippen LogP contribution in [-0.2, 0) is 0 Å². The Morgan fingerprint density at radius 3 is 1.91 bits per heavy atom. The van der Waals surface area contributed by atoms with Crippen molar-refractivity contribution < 1.29 is 4.79 Å². The lowest BCUT2D eigenvalue weighted by atomic mass is 9.95. The summed E-state index contributed by atoms with van der Waals surface area (Å²) in [5, 5.41) is 19.3. The zero-order valence-electron chi connectivity index (χ0n) is 26.1. The molecule has 4 aromatic rings. The second-order valence-electron chi connectivity index (χ2n) is 12.7. The van der Waals surface area contributed by atoms with E-state index in [9.17, 15) is 4.79 Å². The average Bonchev–Trinajstić information content (AvgIpc) is 3.96. The third-order valence-electron chi connectivity index (χ3n) is 8.74. The Bertz CT molecular complexity index is 1690. The Balaban J connectivity index is 0.000000139. The third kappa shape index (κ3) is 8.16. The van der Waals surface area contributed by atoms with Crippen LogP contribution in [0.25, 0.3) is 16.1 Å². The van der Waals surface area contributed by atoms with Crippen molar-refractivity contribution in [2.24, 2.45) is 11.5 Å². The van der Waals surface area contributed by atoms with E-state index in [4.69, 9.17) is 29.6 Å². The van der Waals surface area contributed by atoms with E-state index in [0.717, 1.165) is 30.0 Å². The zero-order valence-corrected chi connectivity index (χ0v) is 26.8. The fourth-order valence-electron chi connectivity index (χ4n) is 5.91. The van der Waals surface area contributed by atoms with E-state index < -0.39 is 5.91 Å². The topological polar surface area (TPSA) is 170 Å². The third-order valence-corrected chi connectivity index (χ3v) is 8.92. The Labute approximate surface area is 273 Å². The van der Waals surface area contributed by atoms with Crippen LogP contribution in [0, 0.1) is 6.57 Å². The van der Waals surface area contributed by atoms with Gasteiger partial charge in [-0.2, -0.15) is 0 Å². The summed E-state index contributed by atoms with van der Waals surface area (Å²) in [4.78, 5) is 23.4. The number of anilines is 3. The molecular formula is C32H43ClN12O. The van der Waals surface area contributed by atoms with Crippen LogP contribution < -0.4 is 27.4 Å². The van der Waals surface area contributed by atoms with E-state index in [0.29, 0.717) is 52.1 Å². The smallest absolute Gasteiger partial charge is 0.275 e. The van der Waals surface area contributed by atoms with Gasteiger partial charge in [-0.15, -0.1) is 9.61 Å². The molecular weight excluding hydrogens is 604 g/mol. The summed E-state index contributed by atoms with van der Waals surface area (Å²) in [5.74, 6) is 0.626. The van der Waals surface area contributed by atoms with Crippen molar-refractivity contribution >= 4 is 51.8 Å². The van der Waals surface area contributed by atoms with Gasteiger partial charge in [0.25, 0.3) is 17.4 Å². The number of nitrogens with zero attached hydrogens (tertiary/aromatic N) is 7. The summed E-state index contributed by atoms with van der Waals surface area (Å²) in [7, 11) is 0. The van der Waals surface area contributed by atoms with Gasteiger partial charge in [0, 0.05) is 36.3 Å². The van der Waals surface area contributed by atoms with E-state index in [1.165, 1.54) is 94.0 Å². The summed E-state index contributed by atoms with van der Waals surface area (Å²) in [5.41, 5.74) is 14.5. The molecule has 7 N–H and O–H groups in total. The lowest BCUT2D eigenvalue weighted by molar-refractivity contribution is 0.0993. The number of nitrogens with two attached hydrogens (primary N) is 2. The highest BCUT2D eigenvalue weighted by molar-refractivity contribution is 6.29. The Morgan fingerprint density at radius 1 is 0.783 bits per heavy atom. The quantitative estimate of drug-likeness (QED) is 0.153. The monoisotopic (exact) mass is 646 g/mol. The first kappa shape index (κ1) is 31.8. The van der Waals surface area contributed by atoms with Crippen LogP contribution in [0.15, 0.2) is 24.5 Å². The van der Waals surface area contributed by atoms with Crippen LogP contribution >= 0.6 is 11.6 Å². The standard InChI is InChI=1S/C16H22N6O.C10H8ClN5.C6H13N/c17-15(23)13-9-18-16-12(19-11-6-7-11)8-14(21-22(13)16)20-10-4-2-1-3-5-10;1-12-9-5-13-10-7(14-6-2-3-6)4-8(11)15-16(9)10;7-6-4-2-1-3-5-6/h8-11,19H,1-7H2,(H2,17,23)(H,20,21);4-6,14H,2-3H2;6H,1-5,7H2. The molecule has 0 spiro atoms. The predicted molar refractivity (Wildman–Crippen MR) is 181 cm³/mol. The minimum Gasteiger partial charge on any atom is -0.379 e. The molecule has 14 heteroatoms.